The first-order chi connectivity index (χ1) is 7.24. The molecular formula is C11H15N3S. The van der Waals surface area contributed by atoms with Gasteiger partial charge in [0.25, 0.3) is 0 Å². The van der Waals surface area contributed by atoms with Gasteiger partial charge in [-0.3, -0.25) is 0 Å². The Balaban J connectivity index is 2.63. The molecule has 2 aromatic rings. The molecular weight excluding hydrogens is 206 g/mol. The molecule has 2 rings (SSSR count). The molecule has 1 aromatic carbocycles. The van der Waals surface area contributed by atoms with Gasteiger partial charge in [0.15, 0.2) is 5.16 Å². The van der Waals surface area contributed by atoms with Crippen LogP contribution in [-0.4, -0.2) is 29.5 Å². The number of rotatable bonds is 3. The van der Waals surface area contributed by atoms with Gasteiger partial charge in [-0.05, 0) is 17.9 Å². The zero-order chi connectivity index (χ0) is 10.8. The highest BCUT2D eigenvalue weighted by Gasteiger charge is 2.10. The Kier molecular flexibility index (Phi) is 2.86. The Labute approximate surface area is 94.1 Å². The average Bonchev–Trinajstić information content (AvgIpc) is 2.56. The summed E-state index contributed by atoms with van der Waals surface area (Å²) in [6.45, 7) is 2.14. The molecule has 15 heavy (non-hydrogen) atoms. The molecule has 0 bridgehead atoms. The molecule has 1 aromatic heterocycles. The molecule has 0 atom stereocenters. The number of para-hydroxylation sites is 2. The minimum atomic E-state index is 1.04. The van der Waals surface area contributed by atoms with Gasteiger partial charge in [-0.15, -0.1) is 0 Å². The van der Waals surface area contributed by atoms with Gasteiger partial charge in [0, 0.05) is 14.1 Å². The van der Waals surface area contributed by atoms with E-state index >= 15 is 0 Å². The fraction of sp³-hybridized carbons (Fsp3) is 0.364. The van der Waals surface area contributed by atoms with Crippen LogP contribution in [0.25, 0.3) is 11.0 Å². The van der Waals surface area contributed by atoms with Gasteiger partial charge >= 0.3 is 0 Å². The minimum absolute atomic E-state index is 1.04. The van der Waals surface area contributed by atoms with E-state index in [1.807, 2.05) is 26.2 Å². The molecule has 1 heterocycles. The number of benzene rings is 1. The molecule has 0 aliphatic carbocycles. The van der Waals surface area contributed by atoms with Gasteiger partial charge in [-0.2, -0.15) is 0 Å². The first-order valence-corrected chi connectivity index (χ1v) is 6.00. The van der Waals surface area contributed by atoms with E-state index in [-0.39, 0.29) is 0 Å². The molecule has 80 valence electrons. The number of nitrogens with zero attached hydrogens (tertiary/aromatic N) is 3. The highest BCUT2D eigenvalue weighted by molar-refractivity contribution is 7.99. The number of hydrogen-bond acceptors (Lipinski definition) is 3. The van der Waals surface area contributed by atoms with E-state index < -0.39 is 0 Å². The van der Waals surface area contributed by atoms with Crippen LogP contribution in [0.3, 0.4) is 0 Å². The second-order valence-electron chi connectivity index (χ2n) is 3.48. The first kappa shape index (κ1) is 10.4. The van der Waals surface area contributed by atoms with Gasteiger partial charge in [-0.1, -0.05) is 30.8 Å². The Morgan fingerprint density at radius 3 is 2.73 bits per heavy atom. The van der Waals surface area contributed by atoms with E-state index in [0.717, 1.165) is 16.4 Å². The maximum Gasteiger partial charge on any atom is 0.188 e. The van der Waals surface area contributed by atoms with E-state index in [1.54, 1.807) is 11.8 Å². The minimum Gasteiger partial charge on any atom is -0.316 e. The lowest BCUT2D eigenvalue weighted by molar-refractivity contribution is 0.679. The lowest BCUT2D eigenvalue weighted by atomic mass is 10.3. The van der Waals surface area contributed by atoms with E-state index in [4.69, 9.17) is 0 Å². The lowest BCUT2D eigenvalue weighted by Crippen LogP contribution is -2.25. The predicted octanol–water partition coefficient (Wildman–Crippen LogP) is 2.35. The third-order valence-corrected chi connectivity index (χ3v) is 2.99. The standard InChI is InChI=1S/C11H15N3S/c1-4-15-11-12-9-7-5-6-8-10(9)14(11)13(2)3/h5-8H,4H2,1-3H3. The van der Waals surface area contributed by atoms with Crippen LogP contribution >= 0.6 is 11.8 Å². The van der Waals surface area contributed by atoms with Crippen molar-refractivity contribution < 1.29 is 0 Å². The fourth-order valence-corrected chi connectivity index (χ4v) is 2.41. The van der Waals surface area contributed by atoms with Crippen molar-refractivity contribution in [1.29, 1.82) is 0 Å². The van der Waals surface area contributed by atoms with Gasteiger partial charge in [0.05, 0.1) is 11.0 Å². The number of thioether (sulfide) groups is 1. The van der Waals surface area contributed by atoms with Crippen molar-refractivity contribution in [1.82, 2.24) is 9.66 Å². The average molecular weight is 221 g/mol. The molecule has 0 saturated carbocycles. The van der Waals surface area contributed by atoms with Crippen LogP contribution in [0.1, 0.15) is 6.92 Å². The zero-order valence-corrected chi connectivity index (χ0v) is 10.1. The summed E-state index contributed by atoms with van der Waals surface area (Å²) in [5, 5.41) is 3.12. The van der Waals surface area contributed by atoms with Crippen LogP contribution in [0, 0.1) is 0 Å². The lowest BCUT2D eigenvalue weighted by Gasteiger charge is -2.17. The fourth-order valence-electron chi connectivity index (χ4n) is 1.60. The molecule has 0 amide bonds. The Bertz CT molecular complexity index is 462. The van der Waals surface area contributed by atoms with Crippen molar-refractivity contribution in [2.45, 2.75) is 12.1 Å². The van der Waals surface area contributed by atoms with E-state index in [9.17, 15) is 0 Å². The maximum atomic E-state index is 4.61. The van der Waals surface area contributed by atoms with Gasteiger partial charge in [-0.25, -0.2) is 9.66 Å². The summed E-state index contributed by atoms with van der Waals surface area (Å²) in [6, 6.07) is 8.22. The largest absolute Gasteiger partial charge is 0.316 e. The van der Waals surface area contributed by atoms with Crippen molar-refractivity contribution in [3.63, 3.8) is 0 Å². The van der Waals surface area contributed by atoms with Gasteiger partial charge in [0.2, 0.25) is 0 Å². The molecule has 0 saturated heterocycles. The van der Waals surface area contributed by atoms with Crippen molar-refractivity contribution in [2.24, 2.45) is 0 Å². The quantitative estimate of drug-likeness (QED) is 0.742. The molecule has 0 fully saturated rings. The van der Waals surface area contributed by atoms with Crippen molar-refractivity contribution in [3.05, 3.63) is 24.3 Å². The maximum absolute atomic E-state index is 4.61. The van der Waals surface area contributed by atoms with Gasteiger partial charge in [0.1, 0.15) is 0 Å². The molecule has 3 nitrogen and oxygen atoms in total. The van der Waals surface area contributed by atoms with Crippen LogP contribution in [-0.2, 0) is 0 Å². The Morgan fingerprint density at radius 1 is 1.33 bits per heavy atom. The van der Waals surface area contributed by atoms with Gasteiger partial charge < -0.3 is 5.01 Å². The van der Waals surface area contributed by atoms with Crippen LogP contribution < -0.4 is 5.01 Å². The summed E-state index contributed by atoms with van der Waals surface area (Å²) in [4.78, 5) is 4.61. The van der Waals surface area contributed by atoms with Crippen molar-refractivity contribution >= 4 is 22.8 Å². The van der Waals surface area contributed by atoms with Crippen LogP contribution in [0.4, 0.5) is 0 Å². The monoisotopic (exact) mass is 221 g/mol. The predicted molar refractivity (Wildman–Crippen MR) is 66.2 cm³/mol. The third-order valence-electron chi connectivity index (χ3n) is 2.18. The normalized spacial score (nSPS) is 10.9. The summed E-state index contributed by atoms with van der Waals surface area (Å²) in [5.41, 5.74) is 2.22. The molecule has 0 radical (unpaired) electrons. The van der Waals surface area contributed by atoms with Crippen LogP contribution in [0.15, 0.2) is 29.4 Å². The SMILES string of the molecule is CCSc1nc2ccccc2n1N(C)C. The van der Waals surface area contributed by atoms with Crippen LogP contribution in [0.5, 0.6) is 0 Å². The second-order valence-corrected chi connectivity index (χ2v) is 4.71. The van der Waals surface area contributed by atoms with E-state index in [2.05, 4.69) is 33.7 Å². The summed E-state index contributed by atoms with van der Waals surface area (Å²) in [6.07, 6.45) is 0. The Morgan fingerprint density at radius 2 is 2.07 bits per heavy atom. The summed E-state index contributed by atoms with van der Waals surface area (Å²) in [5.74, 6) is 1.04. The van der Waals surface area contributed by atoms with E-state index in [1.165, 1.54) is 5.52 Å². The topological polar surface area (TPSA) is 21.1 Å². The number of hydrogen-bond donors (Lipinski definition) is 0. The molecule has 4 heteroatoms. The first-order valence-electron chi connectivity index (χ1n) is 5.02. The number of aromatic nitrogens is 2. The summed E-state index contributed by atoms with van der Waals surface area (Å²) >= 11 is 1.77. The molecule has 0 unspecified atom stereocenters. The molecule has 0 N–H and O–H groups in total. The number of fused-ring (bicyclic) bond motifs is 1. The van der Waals surface area contributed by atoms with Crippen LogP contribution in [0.2, 0.25) is 0 Å². The van der Waals surface area contributed by atoms with E-state index in [0.29, 0.717) is 0 Å². The molecule has 0 aliphatic rings. The van der Waals surface area contributed by atoms with Crippen molar-refractivity contribution in [2.75, 3.05) is 24.9 Å². The smallest absolute Gasteiger partial charge is 0.188 e. The highest BCUT2D eigenvalue weighted by atomic mass is 32.2. The zero-order valence-electron chi connectivity index (χ0n) is 9.27. The molecule has 0 spiro atoms. The summed E-state index contributed by atoms with van der Waals surface area (Å²) < 4.78 is 2.14. The highest BCUT2D eigenvalue weighted by Crippen LogP contribution is 2.23. The Hall–Kier alpha value is -1.16. The molecule has 0 aliphatic heterocycles. The second kappa shape index (κ2) is 4.14. The van der Waals surface area contributed by atoms with Crippen molar-refractivity contribution in [3.8, 4) is 0 Å². The summed E-state index contributed by atoms with van der Waals surface area (Å²) in [7, 11) is 4.07. The third kappa shape index (κ3) is 1.81. The number of imidazole rings is 1.